The van der Waals surface area contributed by atoms with E-state index in [1.807, 2.05) is 30.3 Å². The second-order valence-electron chi connectivity index (χ2n) is 8.54. The van der Waals surface area contributed by atoms with Crippen LogP contribution in [0, 0.1) is 5.92 Å². The number of oxazole rings is 1. The summed E-state index contributed by atoms with van der Waals surface area (Å²) in [7, 11) is 0. The molecular formula is C26H27ClN2O4. The number of hydrogen-bond donors (Lipinski definition) is 2. The Kier molecular flexibility index (Phi) is 7.45. The fourth-order valence-corrected chi connectivity index (χ4v) is 4.69. The van der Waals surface area contributed by atoms with Gasteiger partial charge in [0.05, 0.1) is 0 Å². The minimum atomic E-state index is -0.787. The quantitative estimate of drug-likeness (QED) is 0.440. The molecule has 1 saturated carbocycles. The molecule has 1 fully saturated rings. The van der Waals surface area contributed by atoms with E-state index < -0.39 is 5.97 Å². The molecule has 6 nitrogen and oxygen atoms in total. The highest BCUT2D eigenvalue weighted by atomic mass is 35.5. The average molecular weight is 467 g/mol. The lowest BCUT2D eigenvalue weighted by atomic mass is 9.87. The maximum atomic E-state index is 12.5. The largest absolute Gasteiger partial charge is 0.481 e. The van der Waals surface area contributed by atoms with Gasteiger partial charge in [-0.05, 0) is 60.4 Å². The third-order valence-electron chi connectivity index (χ3n) is 6.31. The fraction of sp³-hybridized carbons (Fsp3) is 0.346. The van der Waals surface area contributed by atoms with Crippen LogP contribution in [-0.4, -0.2) is 22.0 Å². The second-order valence-corrected chi connectivity index (χ2v) is 8.98. The number of benzene rings is 2. The molecule has 0 spiro atoms. The molecule has 2 atom stereocenters. The molecular weight excluding hydrogens is 440 g/mol. The molecule has 0 radical (unpaired) electrons. The van der Waals surface area contributed by atoms with Crippen LogP contribution in [0.5, 0.6) is 0 Å². The Bertz CT molecular complexity index is 1110. The Labute approximate surface area is 198 Å². The van der Waals surface area contributed by atoms with Crippen molar-refractivity contribution >= 4 is 23.5 Å². The number of rotatable bonds is 9. The van der Waals surface area contributed by atoms with E-state index in [-0.39, 0.29) is 23.9 Å². The van der Waals surface area contributed by atoms with Crippen LogP contribution in [-0.2, 0) is 24.2 Å². The molecule has 33 heavy (non-hydrogen) atoms. The highest BCUT2D eigenvalue weighted by molar-refractivity contribution is 6.30. The van der Waals surface area contributed by atoms with Gasteiger partial charge in [-0.15, -0.1) is 0 Å². The first-order valence-corrected chi connectivity index (χ1v) is 11.6. The van der Waals surface area contributed by atoms with Gasteiger partial charge in [0, 0.05) is 23.9 Å². The van der Waals surface area contributed by atoms with Gasteiger partial charge in [-0.3, -0.25) is 9.59 Å². The molecule has 1 heterocycles. The first kappa shape index (κ1) is 23.1. The molecule has 0 unspecified atom stereocenters. The Morgan fingerprint density at radius 1 is 1.09 bits per heavy atom. The number of carbonyl (C=O) groups excluding carboxylic acids is 1. The lowest BCUT2D eigenvalue weighted by molar-refractivity contribution is -0.136. The fourth-order valence-electron chi connectivity index (χ4n) is 4.57. The number of nitrogens with one attached hydrogen (secondary N) is 1. The van der Waals surface area contributed by atoms with Gasteiger partial charge in [-0.2, -0.15) is 0 Å². The molecule has 1 aromatic heterocycles. The van der Waals surface area contributed by atoms with Crippen molar-refractivity contribution in [1.82, 2.24) is 10.3 Å². The monoisotopic (exact) mass is 466 g/mol. The van der Waals surface area contributed by atoms with Crippen molar-refractivity contribution in [1.29, 1.82) is 0 Å². The molecule has 1 aliphatic carbocycles. The van der Waals surface area contributed by atoms with Gasteiger partial charge in [-0.25, -0.2) is 4.98 Å². The zero-order valence-electron chi connectivity index (χ0n) is 18.3. The maximum absolute atomic E-state index is 12.5. The van der Waals surface area contributed by atoms with E-state index >= 15 is 0 Å². The molecule has 2 aromatic carbocycles. The van der Waals surface area contributed by atoms with Crippen LogP contribution in [0.15, 0.2) is 59.2 Å². The number of amides is 1. The van der Waals surface area contributed by atoms with Crippen LogP contribution < -0.4 is 5.32 Å². The number of aromatic nitrogens is 1. The van der Waals surface area contributed by atoms with Crippen molar-refractivity contribution < 1.29 is 19.1 Å². The van der Waals surface area contributed by atoms with E-state index in [1.165, 1.54) is 11.8 Å². The number of carbonyl (C=O) groups is 2. The number of aryl methyl sites for hydroxylation is 1. The second kappa shape index (κ2) is 10.7. The van der Waals surface area contributed by atoms with E-state index in [1.54, 1.807) is 12.1 Å². The Morgan fingerprint density at radius 2 is 1.85 bits per heavy atom. The highest BCUT2D eigenvalue weighted by Gasteiger charge is 2.33. The van der Waals surface area contributed by atoms with Crippen LogP contribution in [0.3, 0.4) is 0 Å². The normalized spacial score (nSPS) is 17.7. The molecule has 0 saturated heterocycles. The molecule has 3 aromatic rings. The summed E-state index contributed by atoms with van der Waals surface area (Å²) in [5.41, 5.74) is 3.50. The average Bonchev–Trinajstić information content (AvgIpc) is 3.47. The van der Waals surface area contributed by atoms with Gasteiger partial charge in [0.25, 0.3) is 5.91 Å². The van der Waals surface area contributed by atoms with E-state index in [9.17, 15) is 9.59 Å². The number of carboxylic acid groups (broad SMARTS) is 1. The molecule has 4 rings (SSSR count). The van der Waals surface area contributed by atoms with Crippen molar-refractivity contribution in [2.24, 2.45) is 5.92 Å². The topological polar surface area (TPSA) is 92.4 Å². The van der Waals surface area contributed by atoms with Crippen LogP contribution >= 0.6 is 11.6 Å². The summed E-state index contributed by atoms with van der Waals surface area (Å²) < 4.78 is 5.75. The third kappa shape index (κ3) is 6.02. The number of aliphatic carboxylic acids is 1. The minimum absolute atomic E-state index is 0.124. The number of hydrogen-bond acceptors (Lipinski definition) is 4. The third-order valence-corrected chi connectivity index (χ3v) is 6.56. The van der Waals surface area contributed by atoms with Crippen LogP contribution in [0.2, 0.25) is 5.02 Å². The number of carboxylic acids is 1. The van der Waals surface area contributed by atoms with Crippen LogP contribution in [0.4, 0.5) is 0 Å². The first-order valence-electron chi connectivity index (χ1n) is 11.3. The van der Waals surface area contributed by atoms with E-state index in [0.29, 0.717) is 29.8 Å². The molecule has 1 amide bonds. The standard InChI is InChI=1S/C26H27ClN2O4/c27-21-11-8-17(9-12-21)15-28-25(32)23-16-33-26(29-23)22-7-3-6-20(22)14-19-5-2-1-4-18(19)10-13-24(30)31/h1-2,4-5,8-9,11-12,16,20,22H,3,6-7,10,13-15H2,(H,28,32)(H,30,31)/t20-,22+/m1/s1. The smallest absolute Gasteiger partial charge is 0.303 e. The summed E-state index contributed by atoms with van der Waals surface area (Å²) in [6.45, 7) is 0.386. The zero-order chi connectivity index (χ0) is 23.2. The van der Waals surface area contributed by atoms with Crippen molar-refractivity contribution in [2.45, 2.75) is 51.0 Å². The predicted octanol–water partition coefficient (Wildman–Crippen LogP) is 5.40. The predicted molar refractivity (Wildman–Crippen MR) is 125 cm³/mol. The van der Waals surface area contributed by atoms with Gasteiger partial charge in [-0.1, -0.05) is 54.4 Å². The van der Waals surface area contributed by atoms with Crippen LogP contribution in [0.25, 0.3) is 0 Å². The lowest BCUT2D eigenvalue weighted by Crippen LogP contribution is -2.23. The van der Waals surface area contributed by atoms with Gasteiger partial charge >= 0.3 is 5.97 Å². The Balaban J connectivity index is 1.40. The summed E-state index contributed by atoms with van der Waals surface area (Å²) in [6, 6.07) is 15.4. The summed E-state index contributed by atoms with van der Waals surface area (Å²) in [5.74, 6) is 0.0471. The zero-order valence-corrected chi connectivity index (χ0v) is 19.1. The first-order chi connectivity index (χ1) is 16.0. The molecule has 7 heteroatoms. The summed E-state index contributed by atoms with van der Waals surface area (Å²) in [6.07, 6.45) is 6.03. The Hall–Kier alpha value is -3.12. The number of nitrogens with zero attached hydrogens (tertiary/aromatic N) is 1. The van der Waals surface area contributed by atoms with Crippen molar-refractivity contribution in [3.8, 4) is 0 Å². The van der Waals surface area contributed by atoms with E-state index in [4.69, 9.17) is 21.1 Å². The van der Waals surface area contributed by atoms with Gasteiger partial charge in [0.2, 0.25) is 0 Å². The van der Waals surface area contributed by atoms with Gasteiger partial charge in [0.15, 0.2) is 11.6 Å². The van der Waals surface area contributed by atoms with E-state index in [0.717, 1.165) is 36.8 Å². The molecule has 0 bridgehead atoms. The van der Waals surface area contributed by atoms with E-state index in [2.05, 4.69) is 16.4 Å². The molecule has 1 aliphatic rings. The summed E-state index contributed by atoms with van der Waals surface area (Å²) in [4.78, 5) is 28.1. The van der Waals surface area contributed by atoms with Crippen molar-refractivity contribution in [3.63, 3.8) is 0 Å². The molecule has 172 valence electrons. The summed E-state index contributed by atoms with van der Waals surface area (Å²) >= 11 is 5.90. The van der Waals surface area contributed by atoms with Crippen molar-refractivity contribution in [3.05, 3.63) is 88.1 Å². The van der Waals surface area contributed by atoms with Crippen LogP contribution in [0.1, 0.15) is 64.7 Å². The lowest BCUT2D eigenvalue weighted by Gasteiger charge is -2.18. The molecule has 2 N–H and O–H groups in total. The van der Waals surface area contributed by atoms with Gasteiger partial charge in [0.1, 0.15) is 6.26 Å². The Morgan fingerprint density at radius 3 is 2.61 bits per heavy atom. The SMILES string of the molecule is O=C(O)CCc1ccccc1C[C@H]1CCC[C@@H]1c1nc(C(=O)NCc2ccc(Cl)cc2)co1. The van der Waals surface area contributed by atoms with Crippen molar-refractivity contribution in [2.75, 3.05) is 0 Å². The van der Waals surface area contributed by atoms with Gasteiger partial charge < -0.3 is 14.8 Å². The highest BCUT2D eigenvalue weighted by Crippen LogP contribution is 2.41. The maximum Gasteiger partial charge on any atom is 0.303 e. The number of halogens is 1. The minimum Gasteiger partial charge on any atom is -0.481 e. The summed E-state index contributed by atoms with van der Waals surface area (Å²) in [5, 5.41) is 12.6. The molecule has 0 aliphatic heterocycles.